The van der Waals surface area contributed by atoms with E-state index in [1.54, 1.807) is 12.1 Å². The number of ether oxygens (including phenoxy) is 5. The largest absolute Gasteiger partial charge is 0.495 e. The van der Waals surface area contributed by atoms with Gasteiger partial charge < -0.3 is 38.8 Å². The van der Waals surface area contributed by atoms with Crippen LogP contribution in [-0.2, 0) is 20.7 Å². The summed E-state index contributed by atoms with van der Waals surface area (Å²) in [7, 11) is 1.52. The molecule has 3 N–H and O–H groups in total. The van der Waals surface area contributed by atoms with Crippen LogP contribution in [-0.4, -0.2) is 92.5 Å². The number of hydrogen-bond donors (Lipinski definition) is 2. The van der Waals surface area contributed by atoms with Crippen molar-refractivity contribution in [1.82, 2.24) is 9.88 Å². The molecule has 0 radical (unpaired) electrons. The average Bonchev–Trinajstić information content (AvgIpc) is 3.97. The molecule has 0 saturated heterocycles. The summed E-state index contributed by atoms with van der Waals surface area (Å²) < 4.78 is 55.7. The first-order chi connectivity index (χ1) is 25.5. The van der Waals surface area contributed by atoms with Crippen molar-refractivity contribution in [1.29, 1.82) is 0 Å². The first kappa shape index (κ1) is 42.1. The predicted molar refractivity (Wildman–Crippen MR) is 199 cm³/mol. The Bertz CT molecular complexity index is 1660. The van der Waals surface area contributed by atoms with Gasteiger partial charge in [-0.1, -0.05) is 41.2 Å². The van der Waals surface area contributed by atoms with Crippen LogP contribution in [0.3, 0.4) is 0 Å². The van der Waals surface area contributed by atoms with Crippen molar-refractivity contribution in [2.45, 2.75) is 51.4 Å². The number of halogens is 4. The van der Waals surface area contributed by atoms with Gasteiger partial charge in [0.05, 0.1) is 47.7 Å². The molecular formula is C36H44Cl2F2N4O8S. The quantitative estimate of drug-likeness (QED) is 0.0645. The minimum atomic E-state index is -3.07. The minimum absolute atomic E-state index is 0.0389. The molecule has 0 amide bonds. The van der Waals surface area contributed by atoms with Gasteiger partial charge in [0, 0.05) is 38.4 Å². The van der Waals surface area contributed by atoms with Crippen molar-refractivity contribution >= 4 is 52.8 Å². The van der Waals surface area contributed by atoms with E-state index in [-0.39, 0.29) is 49.2 Å². The Labute approximate surface area is 321 Å². The fraction of sp³-hybridized carbons (Fsp3) is 0.472. The van der Waals surface area contributed by atoms with Crippen LogP contribution in [0.2, 0.25) is 10.0 Å². The van der Waals surface area contributed by atoms with Crippen molar-refractivity contribution in [2.75, 3.05) is 57.2 Å². The lowest BCUT2D eigenvalue weighted by Crippen LogP contribution is -2.43. The molecule has 17 heteroatoms. The molecule has 3 aromatic rings. The van der Waals surface area contributed by atoms with E-state index in [2.05, 4.69) is 9.72 Å². The van der Waals surface area contributed by atoms with Gasteiger partial charge in [0.2, 0.25) is 0 Å². The summed E-state index contributed by atoms with van der Waals surface area (Å²) in [4.78, 5) is 32.4. The molecule has 2 unspecified atom stereocenters. The zero-order valence-corrected chi connectivity index (χ0v) is 32.0. The number of pyridine rings is 1. The monoisotopic (exact) mass is 800 g/mol. The molecule has 53 heavy (non-hydrogen) atoms. The van der Waals surface area contributed by atoms with Gasteiger partial charge in [-0.25, -0.2) is 9.59 Å². The van der Waals surface area contributed by atoms with E-state index >= 15 is 0 Å². The standard InChI is InChI=1S/C36H44Cl2F2N4O8S/c1-22(18-43(21-41)12-13-45)44(53-3)29-14-25(7-9-31(29)48-2)35(47)50-20-34(46)51-30(11-8-26-27(37)16-42-17-28(26)38)24-6-10-32(52-36(39)40)33(15-24)49-19-23-4-5-23/h6-7,9-10,14-17,22-23,30,36,45H,4-5,8,11-13,18-21,41H2,1-3H3. The molecule has 1 fully saturated rings. The number of alkyl halides is 2. The summed E-state index contributed by atoms with van der Waals surface area (Å²) in [5.74, 6) is -0.882. The number of carbonyl (C=O) groups excluding carboxylic acids is 2. The highest BCUT2D eigenvalue weighted by atomic mass is 35.5. The molecule has 1 heterocycles. The number of rotatable bonds is 22. The summed E-state index contributed by atoms with van der Waals surface area (Å²) in [6.07, 6.45) is 6.20. The third kappa shape index (κ3) is 12.5. The van der Waals surface area contributed by atoms with E-state index in [0.717, 1.165) is 12.8 Å². The molecule has 2 aromatic carbocycles. The van der Waals surface area contributed by atoms with Crippen LogP contribution < -0.4 is 24.2 Å². The van der Waals surface area contributed by atoms with Crippen molar-refractivity contribution in [3.05, 3.63) is 75.5 Å². The van der Waals surface area contributed by atoms with Crippen LogP contribution in [0.15, 0.2) is 48.8 Å². The Hall–Kier alpha value is -3.60. The summed E-state index contributed by atoms with van der Waals surface area (Å²) in [6, 6.07) is 8.97. The Morgan fingerprint density at radius 1 is 1.09 bits per heavy atom. The summed E-state index contributed by atoms with van der Waals surface area (Å²) in [5.41, 5.74) is 7.62. The number of aromatic nitrogens is 1. The predicted octanol–water partition coefficient (Wildman–Crippen LogP) is 6.54. The van der Waals surface area contributed by atoms with E-state index in [1.807, 2.05) is 22.4 Å². The van der Waals surface area contributed by atoms with Crippen LogP contribution in [0.5, 0.6) is 17.2 Å². The third-order valence-corrected chi connectivity index (χ3v) is 9.98. The smallest absolute Gasteiger partial charge is 0.387 e. The Kier molecular flexibility index (Phi) is 16.5. The van der Waals surface area contributed by atoms with Gasteiger partial charge in [-0.3, -0.25) is 9.88 Å². The Morgan fingerprint density at radius 3 is 2.43 bits per heavy atom. The van der Waals surface area contributed by atoms with Crippen molar-refractivity contribution in [3.8, 4) is 17.2 Å². The van der Waals surface area contributed by atoms with Crippen LogP contribution in [0.1, 0.15) is 53.8 Å². The lowest BCUT2D eigenvalue weighted by Gasteiger charge is -2.33. The molecule has 12 nitrogen and oxygen atoms in total. The van der Waals surface area contributed by atoms with E-state index in [4.69, 9.17) is 47.9 Å². The van der Waals surface area contributed by atoms with Gasteiger partial charge in [0.15, 0.2) is 18.1 Å². The number of methoxy groups -OCH3 is 1. The van der Waals surface area contributed by atoms with Gasteiger partial charge in [-0.2, -0.15) is 8.78 Å². The van der Waals surface area contributed by atoms with Crippen molar-refractivity contribution in [3.63, 3.8) is 0 Å². The zero-order chi connectivity index (χ0) is 38.5. The number of esters is 2. The lowest BCUT2D eigenvalue weighted by molar-refractivity contribution is -0.153. The molecule has 0 spiro atoms. The van der Waals surface area contributed by atoms with Gasteiger partial charge in [-0.15, -0.1) is 0 Å². The number of carbonyl (C=O) groups is 2. The van der Waals surface area contributed by atoms with E-state index in [9.17, 15) is 23.5 Å². The second-order valence-corrected chi connectivity index (χ2v) is 13.8. The van der Waals surface area contributed by atoms with Crippen molar-refractivity contribution < 1.29 is 47.2 Å². The molecule has 0 bridgehead atoms. The molecule has 2 atom stereocenters. The summed E-state index contributed by atoms with van der Waals surface area (Å²) in [5, 5.41) is 10.0. The highest BCUT2D eigenvalue weighted by Crippen LogP contribution is 2.38. The first-order valence-electron chi connectivity index (χ1n) is 16.9. The molecule has 1 aliphatic carbocycles. The fourth-order valence-corrected chi connectivity index (χ4v) is 6.84. The second kappa shape index (κ2) is 20.7. The van der Waals surface area contributed by atoms with Gasteiger partial charge in [0.25, 0.3) is 0 Å². The lowest BCUT2D eigenvalue weighted by atomic mass is 10.0. The summed E-state index contributed by atoms with van der Waals surface area (Å²) in [6.45, 7) is -0.347. The fourth-order valence-electron chi connectivity index (χ4n) is 5.52. The normalized spacial score (nSPS) is 13.8. The number of anilines is 1. The van der Waals surface area contributed by atoms with Crippen LogP contribution >= 0.6 is 35.1 Å². The maximum Gasteiger partial charge on any atom is 0.387 e. The average molecular weight is 802 g/mol. The maximum absolute atomic E-state index is 13.3. The number of nitrogens with two attached hydrogens (primary N) is 1. The number of benzene rings is 2. The molecule has 1 aliphatic rings. The third-order valence-electron chi connectivity index (χ3n) is 8.38. The molecule has 1 saturated carbocycles. The number of aliphatic hydroxyl groups excluding tert-OH is 1. The van der Waals surface area contributed by atoms with E-state index in [1.165, 1.54) is 55.7 Å². The summed E-state index contributed by atoms with van der Waals surface area (Å²) >= 11 is 14.1. The molecule has 1 aromatic heterocycles. The number of aliphatic hydroxyl groups is 1. The minimum Gasteiger partial charge on any atom is -0.495 e. The molecule has 4 rings (SSSR count). The van der Waals surface area contributed by atoms with E-state index < -0.39 is 31.3 Å². The van der Waals surface area contributed by atoms with Gasteiger partial charge in [-0.05, 0) is 80.0 Å². The second-order valence-electron chi connectivity index (χ2n) is 12.2. The zero-order valence-electron chi connectivity index (χ0n) is 29.6. The molecule has 290 valence electrons. The first-order valence-corrected chi connectivity index (χ1v) is 18.8. The van der Waals surface area contributed by atoms with Crippen LogP contribution in [0.25, 0.3) is 0 Å². The van der Waals surface area contributed by atoms with E-state index in [0.29, 0.717) is 58.2 Å². The molecule has 0 aliphatic heterocycles. The molecular weight excluding hydrogens is 757 g/mol. The highest BCUT2D eigenvalue weighted by Gasteiger charge is 2.26. The topological polar surface area (TPSA) is 146 Å². The van der Waals surface area contributed by atoms with Crippen molar-refractivity contribution in [2.24, 2.45) is 11.7 Å². The highest BCUT2D eigenvalue weighted by molar-refractivity contribution is 8.00. The SMILES string of the molecule is COc1ccc(C(=O)OCC(=O)OC(CCc2c(Cl)cncc2Cl)c2ccc(OC(F)F)c(OCC3CC3)c2)cc1N(SC)C(C)CN(CN)CCO. The Morgan fingerprint density at radius 2 is 1.81 bits per heavy atom. The van der Waals surface area contributed by atoms with Crippen LogP contribution in [0.4, 0.5) is 14.5 Å². The van der Waals surface area contributed by atoms with Gasteiger partial charge in [0.1, 0.15) is 11.9 Å². The van der Waals surface area contributed by atoms with Gasteiger partial charge >= 0.3 is 18.6 Å². The maximum atomic E-state index is 13.3. The number of hydrogen-bond acceptors (Lipinski definition) is 13. The van der Waals surface area contributed by atoms with Crippen LogP contribution in [0, 0.1) is 5.92 Å². The Balaban J connectivity index is 1.51. The number of nitrogens with zero attached hydrogens (tertiary/aromatic N) is 3.